The lowest BCUT2D eigenvalue weighted by molar-refractivity contribution is 0.479. The minimum Gasteiger partial charge on any atom is -0.314 e. The van der Waals surface area contributed by atoms with Crippen molar-refractivity contribution < 1.29 is 0 Å². The zero-order valence-electron chi connectivity index (χ0n) is 13.6. The summed E-state index contributed by atoms with van der Waals surface area (Å²) < 4.78 is 2.00. The molecule has 0 bridgehead atoms. The van der Waals surface area contributed by atoms with Crippen molar-refractivity contribution in [1.29, 1.82) is 0 Å². The molecule has 1 atom stereocenters. The van der Waals surface area contributed by atoms with Gasteiger partial charge in [-0.15, -0.1) is 11.3 Å². The number of aromatic nitrogens is 2. The Labute approximate surface area is 132 Å². The Morgan fingerprint density at radius 3 is 2.76 bits per heavy atom. The van der Waals surface area contributed by atoms with Gasteiger partial charge < -0.3 is 5.32 Å². The van der Waals surface area contributed by atoms with E-state index in [0.717, 1.165) is 19.4 Å². The van der Waals surface area contributed by atoms with Crippen LogP contribution in [0.25, 0.3) is 0 Å². The van der Waals surface area contributed by atoms with Gasteiger partial charge in [-0.3, -0.25) is 4.68 Å². The van der Waals surface area contributed by atoms with Crippen LogP contribution >= 0.6 is 11.3 Å². The third kappa shape index (κ3) is 4.42. The standard InChI is InChI=1S/C17H27N3S/c1-5-10-18-15(12-16-7-6-11-21-16)8-9-17-13(2)19-20(4)14(17)3/h6-7,11,15,18H,5,8-10,12H2,1-4H3. The van der Waals surface area contributed by atoms with E-state index < -0.39 is 0 Å². The van der Waals surface area contributed by atoms with Crippen LogP contribution in [0.5, 0.6) is 0 Å². The van der Waals surface area contributed by atoms with Crippen LogP contribution in [-0.2, 0) is 19.9 Å². The molecule has 2 rings (SSSR count). The zero-order chi connectivity index (χ0) is 15.2. The third-order valence-electron chi connectivity index (χ3n) is 4.11. The Morgan fingerprint density at radius 2 is 2.19 bits per heavy atom. The summed E-state index contributed by atoms with van der Waals surface area (Å²) >= 11 is 1.86. The highest BCUT2D eigenvalue weighted by atomic mass is 32.1. The molecule has 0 spiro atoms. The Hall–Kier alpha value is -1.13. The summed E-state index contributed by atoms with van der Waals surface area (Å²) in [5.74, 6) is 0. The van der Waals surface area contributed by atoms with E-state index in [1.165, 1.54) is 34.7 Å². The molecule has 21 heavy (non-hydrogen) atoms. The van der Waals surface area contributed by atoms with Gasteiger partial charge in [-0.1, -0.05) is 13.0 Å². The molecule has 0 radical (unpaired) electrons. The molecule has 116 valence electrons. The van der Waals surface area contributed by atoms with Gasteiger partial charge in [0.2, 0.25) is 0 Å². The number of hydrogen-bond acceptors (Lipinski definition) is 3. The van der Waals surface area contributed by atoms with Crippen molar-refractivity contribution in [2.24, 2.45) is 7.05 Å². The molecule has 0 aromatic carbocycles. The van der Waals surface area contributed by atoms with Gasteiger partial charge in [0.15, 0.2) is 0 Å². The van der Waals surface area contributed by atoms with Gasteiger partial charge in [0.25, 0.3) is 0 Å². The molecule has 2 aromatic heterocycles. The predicted octanol–water partition coefficient (Wildman–Crippen LogP) is 3.64. The van der Waals surface area contributed by atoms with Crippen LogP contribution in [0.2, 0.25) is 0 Å². The summed E-state index contributed by atoms with van der Waals surface area (Å²) in [5, 5.41) is 10.4. The van der Waals surface area contributed by atoms with Gasteiger partial charge in [-0.2, -0.15) is 5.10 Å². The van der Waals surface area contributed by atoms with Crippen molar-refractivity contribution in [3.05, 3.63) is 39.3 Å². The van der Waals surface area contributed by atoms with Crippen molar-refractivity contribution >= 4 is 11.3 Å². The van der Waals surface area contributed by atoms with Gasteiger partial charge in [-0.05, 0) is 63.1 Å². The van der Waals surface area contributed by atoms with Gasteiger partial charge in [0.05, 0.1) is 5.69 Å². The molecule has 0 fully saturated rings. The summed E-state index contributed by atoms with van der Waals surface area (Å²) in [7, 11) is 2.03. The highest BCUT2D eigenvalue weighted by Crippen LogP contribution is 2.18. The minimum absolute atomic E-state index is 0.558. The van der Waals surface area contributed by atoms with Crippen LogP contribution in [0.1, 0.15) is 41.6 Å². The summed E-state index contributed by atoms with van der Waals surface area (Å²) in [5.41, 5.74) is 3.91. The number of hydrogen-bond donors (Lipinski definition) is 1. The fraction of sp³-hybridized carbons (Fsp3) is 0.588. The van der Waals surface area contributed by atoms with E-state index in [1.807, 2.05) is 23.1 Å². The first-order valence-corrected chi connectivity index (χ1v) is 8.74. The zero-order valence-corrected chi connectivity index (χ0v) is 14.5. The summed E-state index contributed by atoms with van der Waals surface area (Å²) in [4.78, 5) is 1.48. The first-order valence-electron chi connectivity index (χ1n) is 7.86. The maximum Gasteiger partial charge on any atom is 0.0628 e. The molecular formula is C17H27N3S. The van der Waals surface area contributed by atoms with Gasteiger partial charge in [0.1, 0.15) is 0 Å². The van der Waals surface area contributed by atoms with Crippen LogP contribution in [0.3, 0.4) is 0 Å². The molecule has 0 amide bonds. The number of nitrogens with zero attached hydrogens (tertiary/aromatic N) is 2. The van der Waals surface area contributed by atoms with E-state index in [2.05, 4.69) is 48.7 Å². The third-order valence-corrected chi connectivity index (χ3v) is 5.01. The molecule has 0 saturated carbocycles. The van der Waals surface area contributed by atoms with Crippen LogP contribution in [-0.4, -0.2) is 22.4 Å². The van der Waals surface area contributed by atoms with E-state index in [-0.39, 0.29) is 0 Å². The largest absolute Gasteiger partial charge is 0.314 e. The minimum atomic E-state index is 0.558. The molecule has 2 aromatic rings. The second kappa shape index (κ2) is 7.76. The van der Waals surface area contributed by atoms with Gasteiger partial charge in [-0.25, -0.2) is 0 Å². The topological polar surface area (TPSA) is 29.9 Å². The average molecular weight is 305 g/mol. The van der Waals surface area contributed by atoms with E-state index >= 15 is 0 Å². The van der Waals surface area contributed by atoms with Crippen molar-refractivity contribution in [3.8, 4) is 0 Å². The second-order valence-corrected chi connectivity index (χ2v) is 6.78. The molecule has 1 unspecified atom stereocenters. The predicted molar refractivity (Wildman–Crippen MR) is 91.1 cm³/mol. The van der Waals surface area contributed by atoms with Gasteiger partial charge in [0, 0.05) is 23.7 Å². The monoisotopic (exact) mass is 305 g/mol. The Bertz CT molecular complexity index is 543. The van der Waals surface area contributed by atoms with Crippen molar-refractivity contribution in [2.45, 2.75) is 52.5 Å². The van der Waals surface area contributed by atoms with Crippen molar-refractivity contribution in [1.82, 2.24) is 15.1 Å². The fourth-order valence-corrected chi connectivity index (χ4v) is 3.58. The summed E-state index contributed by atoms with van der Waals surface area (Å²) in [6.07, 6.45) is 4.60. The molecular weight excluding hydrogens is 278 g/mol. The number of thiophene rings is 1. The lowest BCUT2D eigenvalue weighted by Gasteiger charge is -2.18. The van der Waals surface area contributed by atoms with Crippen LogP contribution in [0.15, 0.2) is 17.5 Å². The maximum atomic E-state index is 4.52. The number of nitrogens with one attached hydrogen (secondary N) is 1. The average Bonchev–Trinajstić information content (AvgIpc) is 3.04. The smallest absolute Gasteiger partial charge is 0.0628 e. The van der Waals surface area contributed by atoms with Crippen LogP contribution in [0, 0.1) is 13.8 Å². The summed E-state index contributed by atoms with van der Waals surface area (Å²) in [6, 6.07) is 4.95. The molecule has 4 heteroatoms. The lowest BCUT2D eigenvalue weighted by atomic mass is 10.0. The number of rotatable bonds is 8. The SMILES string of the molecule is CCCNC(CCc1c(C)nn(C)c1C)Cc1cccs1. The number of aryl methyl sites for hydroxylation is 2. The molecule has 0 aliphatic heterocycles. The normalized spacial score (nSPS) is 12.8. The first-order chi connectivity index (χ1) is 10.1. The Kier molecular flexibility index (Phi) is 6.00. The molecule has 1 N–H and O–H groups in total. The molecule has 3 nitrogen and oxygen atoms in total. The van der Waals surface area contributed by atoms with Crippen molar-refractivity contribution in [3.63, 3.8) is 0 Å². The molecule has 0 aliphatic rings. The van der Waals surface area contributed by atoms with E-state index in [9.17, 15) is 0 Å². The fourth-order valence-electron chi connectivity index (χ4n) is 2.79. The quantitative estimate of drug-likeness (QED) is 0.807. The highest BCUT2D eigenvalue weighted by molar-refractivity contribution is 7.09. The molecule has 0 aliphatic carbocycles. The van der Waals surface area contributed by atoms with Gasteiger partial charge >= 0.3 is 0 Å². The van der Waals surface area contributed by atoms with Crippen molar-refractivity contribution in [2.75, 3.05) is 6.54 Å². The Morgan fingerprint density at radius 1 is 1.38 bits per heavy atom. The van der Waals surface area contributed by atoms with E-state index in [1.54, 1.807) is 0 Å². The lowest BCUT2D eigenvalue weighted by Crippen LogP contribution is -2.32. The highest BCUT2D eigenvalue weighted by Gasteiger charge is 2.14. The summed E-state index contributed by atoms with van der Waals surface area (Å²) in [6.45, 7) is 7.62. The molecule has 0 saturated heterocycles. The molecule has 2 heterocycles. The van der Waals surface area contributed by atoms with E-state index in [4.69, 9.17) is 0 Å². The first kappa shape index (κ1) is 16.2. The second-order valence-electron chi connectivity index (χ2n) is 5.75. The Balaban J connectivity index is 1.97. The maximum absolute atomic E-state index is 4.52. The van der Waals surface area contributed by atoms with Crippen LogP contribution in [0.4, 0.5) is 0 Å². The van der Waals surface area contributed by atoms with Crippen LogP contribution < -0.4 is 5.32 Å². The van der Waals surface area contributed by atoms with E-state index in [0.29, 0.717) is 6.04 Å².